The first-order valence-corrected chi connectivity index (χ1v) is 6.47. The maximum Gasteiger partial charge on any atom is 0.185 e. The van der Waals surface area contributed by atoms with E-state index < -0.39 is 20.6 Å². The summed E-state index contributed by atoms with van der Waals surface area (Å²) in [7, 11) is -3.49. The fourth-order valence-electron chi connectivity index (χ4n) is 1.17. The Morgan fingerprint density at radius 2 is 1.69 bits per heavy atom. The van der Waals surface area contributed by atoms with Gasteiger partial charge in [0.1, 0.15) is 5.75 Å². The topological polar surface area (TPSA) is 80.4 Å². The molecule has 90 valence electrons. The number of rotatable bonds is 3. The van der Waals surface area contributed by atoms with E-state index in [0.717, 1.165) is 0 Å². The molecule has 0 aliphatic heterocycles. The van der Waals surface area contributed by atoms with Gasteiger partial charge in [-0.1, -0.05) is 0 Å². The molecule has 16 heavy (non-hydrogen) atoms. The first-order chi connectivity index (χ1) is 7.19. The highest BCUT2D eigenvalue weighted by atomic mass is 32.2. The molecule has 0 aliphatic carbocycles. The summed E-state index contributed by atoms with van der Waals surface area (Å²) < 4.78 is 23.5. The molecule has 0 heterocycles. The van der Waals surface area contributed by atoms with Gasteiger partial charge in [0.05, 0.1) is 9.64 Å². The molecule has 1 aromatic carbocycles. The SMILES string of the molecule is CC(N)C(C)(C)S(=O)(=O)c1ccc(O)cc1. The summed E-state index contributed by atoms with van der Waals surface area (Å²) in [6, 6.07) is 4.99. The van der Waals surface area contributed by atoms with Crippen molar-refractivity contribution in [1.29, 1.82) is 0 Å². The van der Waals surface area contributed by atoms with E-state index in [4.69, 9.17) is 10.8 Å². The van der Waals surface area contributed by atoms with Crippen LogP contribution >= 0.6 is 0 Å². The Morgan fingerprint density at radius 3 is 2.06 bits per heavy atom. The van der Waals surface area contributed by atoms with Crippen LogP contribution in [0.15, 0.2) is 29.2 Å². The van der Waals surface area contributed by atoms with Crippen molar-refractivity contribution < 1.29 is 13.5 Å². The second-order valence-corrected chi connectivity index (χ2v) is 6.92. The van der Waals surface area contributed by atoms with Crippen molar-refractivity contribution in [3.63, 3.8) is 0 Å². The van der Waals surface area contributed by atoms with Crippen LogP contribution in [-0.2, 0) is 9.84 Å². The quantitative estimate of drug-likeness (QED) is 0.838. The third-order valence-corrected chi connectivity index (χ3v) is 5.59. The van der Waals surface area contributed by atoms with Gasteiger partial charge in [-0.15, -0.1) is 0 Å². The van der Waals surface area contributed by atoms with Crippen molar-refractivity contribution in [3.05, 3.63) is 24.3 Å². The number of nitrogens with two attached hydrogens (primary N) is 1. The van der Waals surface area contributed by atoms with Gasteiger partial charge in [0.2, 0.25) is 0 Å². The molecule has 0 bridgehead atoms. The summed E-state index contributed by atoms with van der Waals surface area (Å²) in [6.07, 6.45) is 0. The standard InChI is InChI=1S/C11H17NO3S/c1-8(12)11(2,3)16(14,15)10-6-4-9(13)5-7-10/h4-8,13H,12H2,1-3H3. The predicted octanol–water partition coefficient (Wildman–Crippen LogP) is 1.29. The zero-order chi connectivity index (χ0) is 12.6. The van der Waals surface area contributed by atoms with Gasteiger partial charge in [0, 0.05) is 6.04 Å². The van der Waals surface area contributed by atoms with Crippen LogP contribution in [0.25, 0.3) is 0 Å². The second-order valence-electron chi connectivity index (χ2n) is 4.39. The third-order valence-electron chi connectivity index (χ3n) is 2.94. The van der Waals surface area contributed by atoms with Gasteiger partial charge in [0.15, 0.2) is 9.84 Å². The van der Waals surface area contributed by atoms with E-state index >= 15 is 0 Å². The van der Waals surface area contributed by atoms with Gasteiger partial charge in [0.25, 0.3) is 0 Å². The summed E-state index contributed by atoms with van der Waals surface area (Å²) in [5.74, 6) is 0.0394. The summed E-state index contributed by atoms with van der Waals surface area (Å²) >= 11 is 0. The number of phenolic OH excluding ortho intramolecular Hbond substituents is 1. The fraction of sp³-hybridized carbons (Fsp3) is 0.455. The van der Waals surface area contributed by atoms with E-state index in [0.29, 0.717) is 0 Å². The second kappa shape index (κ2) is 4.07. The smallest absolute Gasteiger partial charge is 0.185 e. The van der Waals surface area contributed by atoms with E-state index in [9.17, 15) is 8.42 Å². The summed E-state index contributed by atoms with van der Waals surface area (Å²) in [6.45, 7) is 4.86. The molecule has 0 saturated carbocycles. The van der Waals surface area contributed by atoms with Gasteiger partial charge in [-0.25, -0.2) is 8.42 Å². The normalized spacial score (nSPS) is 14.8. The molecular weight excluding hydrogens is 226 g/mol. The number of aromatic hydroxyl groups is 1. The molecule has 0 spiro atoms. The predicted molar refractivity (Wildman–Crippen MR) is 63.0 cm³/mol. The average Bonchev–Trinajstić information content (AvgIpc) is 2.17. The van der Waals surface area contributed by atoms with Crippen molar-refractivity contribution in [2.75, 3.05) is 0 Å². The molecule has 5 heteroatoms. The minimum Gasteiger partial charge on any atom is -0.508 e. The molecule has 0 aliphatic rings. The molecule has 0 saturated heterocycles. The largest absolute Gasteiger partial charge is 0.508 e. The first kappa shape index (κ1) is 13.0. The lowest BCUT2D eigenvalue weighted by molar-refractivity contribution is 0.474. The number of sulfone groups is 1. The van der Waals surface area contributed by atoms with Gasteiger partial charge < -0.3 is 10.8 Å². The van der Waals surface area contributed by atoms with E-state index in [-0.39, 0.29) is 10.6 Å². The maximum atomic E-state index is 12.2. The minimum absolute atomic E-state index is 0.0394. The number of hydrogen-bond acceptors (Lipinski definition) is 4. The van der Waals surface area contributed by atoms with Crippen LogP contribution in [0.4, 0.5) is 0 Å². The van der Waals surface area contributed by atoms with E-state index in [1.165, 1.54) is 24.3 Å². The zero-order valence-corrected chi connectivity index (χ0v) is 10.5. The lowest BCUT2D eigenvalue weighted by Gasteiger charge is -2.28. The first-order valence-electron chi connectivity index (χ1n) is 4.99. The summed E-state index contributed by atoms with van der Waals surface area (Å²) in [5, 5.41) is 9.11. The molecule has 1 atom stereocenters. The summed E-state index contributed by atoms with van der Waals surface area (Å²) in [5.41, 5.74) is 5.69. The van der Waals surface area contributed by atoms with E-state index in [1.54, 1.807) is 20.8 Å². The molecule has 3 N–H and O–H groups in total. The fourth-order valence-corrected chi connectivity index (χ4v) is 2.77. The molecule has 0 radical (unpaired) electrons. The van der Waals surface area contributed by atoms with Gasteiger partial charge in [-0.2, -0.15) is 0 Å². The molecular formula is C11H17NO3S. The Kier molecular flexibility index (Phi) is 3.30. The monoisotopic (exact) mass is 243 g/mol. The number of phenols is 1. The lowest BCUT2D eigenvalue weighted by Crippen LogP contribution is -2.47. The summed E-state index contributed by atoms with van der Waals surface area (Å²) in [4.78, 5) is 0.174. The third kappa shape index (κ3) is 2.05. The highest BCUT2D eigenvalue weighted by molar-refractivity contribution is 7.92. The maximum absolute atomic E-state index is 12.2. The molecule has 0 aromatic heterocycles. The van der Waals surface area contributed by atoms with Crippen LogP contribution in [0.5, 0.6) is 5.75 Å². The molecule has 0 amide bonds. The van der Waals surface area contributed by atoms with Crippen LogP contribution in [0.2, 0.25) is 0 Å². The van der Waals surface area contributed by atoms with Crippen molar-refractivity contribution in [2.45, 2.75) is 36.5 Å². The lowest BCUT2D eigenvalue weighted by atomic mass is 10.1. The molecule has 0 fully saturated rings. The van der Waals surface area contributed by atoms with Crippen LogP contribution in [0.1, 0.15) is 20.8 Å². The molecule has 1 rings (SSSR count). The van der Waals surface area contributed by atoms with Crippen molar-refractivity contribution in [3.8, 4) is 5.75 Å². The number of hydrogen-bond donors (Lipinski definition) is 2. The van der Waals surface area contributed by atoms with Gasteiger partial charge in [-0.3, -0.25) is 0 Å². The molecule has 1 unspecified atom stereocenters. The van der Waals surface area contributed by atoms with Gasteiger partial charge >= 0.3 is 0 Å². The molecule has 1 aromatic rings. The van der Waals surface area contributed by atoms with Crippen LogP contribution in [0.3, 0.4) is 0 Å². The minimum atomic E-state index is -3.49. The molecule has 4 nitrogen and oxygen atoms in total. The number of benzene rings is 1. The highest BCUT2D eigenvalue weighted by Crippen LogP contribution is 2.28. The van der Waals surface area contributed by atoms with Crippen LogP contribution in [-0.4, -0.2) is 24.3 Å². The van der Waals surface area contributed by atoms with Crippen molar-refractivity contribution in [2.24, 2.45) is 5.73 Å². The van der Waals surface area contributed by atoms with E-state index in [1.807, 2.05) is 0 Å². The van der Waals surface area contributed by atoms with E-state index in [2.05, 4.69) is 0 Å². The average molecular weight is 243 g/mol. The Balaban J connectivity index is 3.27. The Labute approximate surface area is 96.0 Å². The van der Waals surface area contributed by atoms with Crippen molar-refractivity contribution >= 4 is 9.84 Å². The Morgan fingerprint density at radius 1 is 1.25 bits per heavy atom. The zero-order valence-electron chi connectivity index (χ0n) is 9.64. The Bertz CT molecular complexity index is 461. The Hall–Kier alpha value is -1.07. The van der Waals surface area contributed by atoms with Crippen LogP contribution in [0, 0.1) is 0 Å². The van der Waals surface area contributed by atoms with Crippen LogP contribution < -0.4 is 5.73 Å². The highest BCUT2D eigenvalue weighted by Gasteiger charge is 2.38. The van der Waals surface area contributed by atoms with Gasteiger partial charge in [-0.05, 0) is 45.0 Å². The van der Waals surface area contributed by atoms with Crippen molar-refractivity contribution in [1.82, 2.24) is 0 Å².